The molecule has 0 aliphatic carbocycles. The number of aromatic nitrogens is 3. The zero-order chi connectivity index (χ0) is 15.9. The van der Waals surface area contributed by atoms with E-state index in [0.717, 1.165) is 11.1 Å². The predicted molar refractivity (Wildman–Crippen MR) is 82.1 cm³/mol. The summed E-state index contributed by atoms with van der Waals surface area (Å²) in [5.74, 6) is -0.131. The van der Waals surface area contributed by atoms with Crippen LogP contribution in [0.25, 0.3) is 11.1 Å². The second-order valence-corrected chi connectivity index (χ2v) is 8.15. The Hall–Kier alpha value is -2.09. The van der Waals surface area contributed by atoms with Gasteiger partial charge >= 0.3 is 0 Å². The van der Waals surface area contributed by atoms with Gasteiger partial charge in [0.25, 0.3) is 5.91 Å². The minimum Gasteiger partial charge on any atom is -0.366 e. The lowest BCUT2D eigenvalue weighted by molar-refractivity contribution is 0.0761. The van der Waals surface area contributed by atoms with Crippen molar-refractivity contribution in [2.24, 2.45) is 7.05 Å². The number of carbonyl (C=O) groups excluding carboxylic acids is 1. The smallest absolute Gasteiger partial charge is 0.256 e. The van der Waals surface area contributed by atoms with Gasteiger partial charge in [0.1, 0.15) is 0 Å². The Morgan fingerprint density at radius 3 is 2.82 bits per heavy atom. The summed E-state index contributed by atoms with van der Waals surface area (Å²) in [6.45, 7) is 2.12. The van der Waals surface area contributed by atoms with E-state index in [2.05, 4.69) is 10.1 Å². The number of H-pyrrole nitrogens is 1. The van der Waals surface area contributed by atoms with Crippen molar-refractivity contribution in [2.45, 2.75) is 12.2 Å². The molecule has 1 atom stereocenters. The normalized spacial score (nSPS) is 21.0. The summed E-state index contributed by atoms with van der Waals surface area (Å²) < 4.78 is 25.2. The lowest BCUT2D eigenvalue weighted by Gasteiger charge is -2.30. The Labute approximate surface area is 128 Å². The Morgan fingerprint density at radius 2 is 2.18 bits per heavy atom. The Balaban J connectivity index is 1.87. The van der Waals surface area contributed by atoms with Crippen LogP contribution in [0.1, 0.15) is 17.3 Å². The molecular formula is C14H18N4O3S. The number of nitrogens with one attached hydrogen (secondary N) is 1. The lowest BCUT2D eigenvalue weighted by atomic mass is 10.1. The maximum Gasteiger partial charge on any atom is 0.256 e. The first-order chi connectivity index (χ1) is 10.4. The average Bonchev–Trinajstić information content (AvgIpc) is 3.09. The number of aromatic amines is 1. The molecule has 0 radical (unpaired) electrons. The zero-order valence-corrected chi connectivity index (χ0v) is 13.3. The molecule has 8 heteroatoms. The average molecular weight is 322 g/mol. The number of amides is 1. The summed E-state index contributed by atoms with van der Waals surface area (Å²) in [7, 11) is -1.26. The molecule has 22 heavy (non-hydrogen) atoms. The van der Waals surface area contributed by atoms with E-state index >= 15 is 0 Å². The molecule has 3 rings (SSSR count). The third-order valence-electron chi connectivity index (χ3n) is 4.02. The van der Waals surface area contributed by atoms with Gasteiger partial charge in [-0.05, 0) is 6.92 Å². The van der Waals surface area contributed by atoms with Gasteiger partial charge in [0.05, 0.1) is 22.8 Å². The largest absolute Gasteiger partial charge is 0.366 e. The van der Waals surface area contributed by atoms with Crippen LogP contribution in [0, 0.1) is 0 Å². The molecule has 1 unspecified atom stereocenters. The van der Waals surface area contributed by atoms with Crippen molar-refractivity contribution >= 4 is 15.7 Å². The molecule has 0 bridgehead atoms. The van der Waals surface area contributed by atoms with Crippen LogP contribution in [-0.4, -0.2) is 58.1 Å². The van der Waals surface area contributed by atoms with Crippen LogP contribution in [0.3, 0.4) is 0 Å². The van der Waals surface area contributed by atoms with E-state index in [9.17, 15) is 13.2 Å². The fourth-order valence-corrected chi connectivity index (χ4v) is 3.93. The molecule has 1 amide bonds. The first kappa shape index (κ1) is 14.8. The highest BCUT2D eigenvalue weighted by atomic mass is 32.2. The molecule has 1 aliphatic heterocycles. The highest BCUT2D eigenvalue weighted by molar-refractivity contribution is 7.92. The molecule has 1 N–H and O–H groups in total. The fourth-order valence-electron chi connectivity index (χ4n) is 2.65. The standard InChI is InChI=1S/C14H18N4O3S/c1-10-8-18(3-4-22(10,20)21)14(19)13-7-15-6-12(13)11-5-16-17(2)9-11/h5-7,9-10,15H,3-4,8H2,1-2H3. The molecule has 2 aromatic heterocycles. The first-order valence-corrected chi connectivity index (χ1v) is 8.76. The van der Waals surface area contributed by atoms with E-state index in [-0.39, 0.29) is 24.7 Å². The van der Waals surface area contributed by atoms with Gasteiger partial charge in [-0.3, -0.25) is 9.48 Å². The molecule has 0 spiro atoms. The summed E-state index contributed by atoms with van der Waals surface area (Å²) in [4.78, 5) is 17.3. The van der Waals surface area contributed by atoms with E-state index in [1.165, 1.54) is 0 Å². The van der Waals surface area contributed by atoms with Gasteiger partial charge in [-0.1, -0.05) is 0 Å². The maximum atomic E-state index is 12.7. The zero-order valence-electron chi connectivity index (χ0n) is 12.5. The molecule has 118 valence electrons. The van der Waals surface area contributed by atoms with Crippen LogP contribution in [-0.2, 0) is 16.9 Å². The van der Waals surface area contributed by atoms with Crippen molar-refractivity contribution in [2.75, 3.05) is 18.8 Å². The number of aryl methyl sites for hydroxylation is 1. The Morgan fingerprint density at radius 1 is 1.41 bits per heavy atom. The molecular weight excluding hydrogens is 304 g/mol. The van der Waals surface area contributed by atoms with E-state index in [4.69, 9.17) is 0 Å². The Bertz CT molecular complexity index is 806. The van der Waals surface area contributed by atoms with Crippen LogP contribution in [0.5, 0.6) is 0 Å². The van der Waals surface area contributed by atoms with Gasteiger partial charge < -0.3 is 9.88 Å². The van der Waals surface area contributed by atoms with E-state index in [1.54, 1.807) is 35.1 Å². The third kappa shape index (κ3) is 2.54. The molecule has 0 saturated carbocycles. The van der Waals surface area contributed by atoms with Crippen LogP contribution in [0.2, 0.25) is 0 Å². The number of nitrogens with zero attached hydrogens (tertiary/aromatic N) is 3. The summed E-state index contributed by atoms with van der Waals surface area (Å²) in [6.07, 6.45) is 6.94. The van der Waals surface area contributed by atoms with Crippen molar-refractivity contribution in [3.05, 3.63) is 30.4 Å². The lowest BCUT2D eigenvalue weighted by Crippen LogP contribution is -2.48. The van der Waals surface area contributed by atoms with Gasteiger partial charge in [-0.2, -0.15) is 5.10 Å². The first-order valence-electron chi connectivity index (χ1n) is 7.05. The molecule has 1 aliphatic rings. The highest BCUT2D eigenvalue weighted by Gasteiger charge is 2.33. The number of sulfone groups is 1. The van der Waals surface area contributed by atoms with Crippen LogP contribution < -0.4 is 0 Å². The Kier molecular flexibility index (Phi) is 3.56. The summed E-state index contributed by atoms with van der Waals surface area (Å²) in [6, 6.07) is 0. The van der Waals surface area contributed by atoms with Gasteiger partial charge in [0.2, 0.25) is 0 Å². The summed E-state index contributed by atoms with van der Waals surface area (Å²) in [5.41, 5.74) is 2.17. The quantitative estimate of drug-likeness (QED) is 0.880. The summed E-state index contributed by atoms with van der Waals surface area (Å²) >= 11 is 0. The van der Waals surface area contributed by atoms with Crippen LogP contribution >= 0.6 is 0 Å². The van der Waals surface area contributed by atoms with Crippen molar-refractivity contribution < 1.29 is 13.2 Å². The molecule has 1 saturated heterocycles. The molecule has 0 aromatic carbocycles. The minimum atomic E-state index is -3.07. The summed E-state index contributed by atoms with van der Waals surface area (Å²) in [5, 5.41) is 3.59. The van der Waals surface area contributed by atoms with Gasteiger partial charge in [-0.15, -0.1) is 0 Å². The van der Waals surface area contributed by atoms with Gasteiger partial charge in [-0.25, -0.2) is 8.42 Å². The SMILES string of the molecule is CC1CN(C(=O)c2c[nH]cc2-c2cnn(C)c2)CCS1(=O)=O. The topological polar surface area (TPSA) is 88.1 Å². The van der Waals surface area contributed by atoms with E-state index < -0.39 is 15.1 Å². The van der Waals surface area contributed by atoms with Crippen molar-refractivity contribution in [1.82, 2.24) is 19.7 Å². The molecule has 3 heterocycles. The molecule has 7 nitrogen and oxygen atoms in total. The minimum absolute atomic E-state index is 0.0204. The van der Waals surface area contributed by atoms with Crippen molar-refractivity contribution in [1.29, 1.82) is 0 Å². The molecule has 2 aromatic rings. The van der Waals surface area contributed by atoms with Crippen LogP contribution in [0.15, 0.2) is 24.8 Å². The monoisotopic (exact) mass is 322 g/mol. The van der Waals surface area contributed by atoms with Crippen molar-refractivity contribution in [3.63, 3.8) is 0 Å². The van der Waals surface area contributed by atoms with Gasteiger partial charge in [0.15, 0.2) is 9.84 Å². The van der Waals surface area contributed by atoms with Crippen LogP contribution in [0.4, 0.5) is 0 Å². The third-order valence-corrected chi connectivity index (χ3v) is 6.14. The van der Waals surface area contributed by atoms with E-state index in [1.807, 2.05) is 13.2 Å². The second-order valence-electron chi connectivity index (χ2n) is 5.61. The maximum absolute atomic E-state index is 12.7. The van der Waals surface area contributed by atoms with Crippen molar-refractivity contribution in [3.8, 4) is 11.1 Å². The number of rotatable bonds is 2. The predicted octanol–water partition coefficient (Wildman–Crippen LogP) is 0.674. The number of carbonyl (C=O) groups is 1. The van der Waals surface area contributed by atoms with Gasteiger partial charge in [0, 0.05) is 49.9 Å². The highest BCUT2D eigenvalue weighted by Crippen LogP contribution is 2.25. The van der Waals surface area contributed by atoms with E-state index in [0.29, 0.717) is 5.56 Å². The fraction of sp³-hybridized carbons (Fsp3) is 0.429. The second kappa shape index (κ2) is 5.28. The number of hydrogen-bond donors (Lipinski definition) is 1. The number of hydrogen-bond acceptors (Lipinski definition) is 4. The molecule has 1 fully saturated rings.